The Morgan fingerprint density at radius 1 is 1.17 bits per heavy atom. The number of hydrogen-bond donors (Lipinski definition) is 1. The minimum atomic E-state index is -0.0723. The third kappa shape index (κ3) is 4.55. The van der Waals surface area contributed by atoms with Gasteiger partial charge in [-0.25, -0.2) is 0 Å². The van der Waals surface area contributed by atoms with E-state index in [1.165, 1.54) is 0 Å². The van der Waals surface area contributed by atoms with Crippen molar-refractivity contribution in [2.45, 2.75) is 32.9 Å². The number of methoxy groups -OCH3 is 1. The zero-order chi connectivity index (χ0) is 13.5. The Balaban J connectivity index is 2.66. The Bertz CT molecular complexity index is 364. The third-order valence-corrected chi connectivity index (χ3v) is 2.50. The highest BCUT2D eigenvalue weighted by atomic mass is 16.5. The lowest BCUT2D eigenvalue weighted by Gasteiger charge is -2.15. The van der Waals surface area contributed by atoms with Gasteiger partial charge in [-0.05, 0) is 26.8 Å². The fourth-order valence-electron chi connectivity index (χ4n) is 1.58. The van der Waals surface area contributed by atoms with Gasteiger partial charge in [0.2, 0.25) is 0 Å². The fraction of sp³-hybridized carbons (Fsp3) is 0.571. The van der Waals surface area contributed by atoms with Gasteiger partial charge in [0.25, 0.3) is 0 Å². The maximum absolute atomic E-state index is 5.91. The van der Waals surface area contributed by atoms with Gasteiger partial charge in [0.1, 0.15) is 18.1 Å². The molecule has 0 radical (unpaired) electrons. The smallest absolute Gasteiger partial charge is 0.127 e. The van der Waals surface area contributed by atoms with Crippen molar-refractivity contribution in [2.24, 2.45) is 5.73 Å². The van der Waals surface area contributed by atoms with Crippen LogP contribution in [0.2, 0.25) is 0 Å². The van der Waals surface area contributed by atoms with E-state index < -0.39 is 0 Å². The van der Waals surface area contributed by atoms with Crippen molar-refractivity contribution in [3.05, 3.63) is 23.8 Å². The van der Waals surface area contributed by atoms with Crippen LogP contribution in [0.4, 0.5) is 0 Å². The average molecular weight is 253 g/mol. The Morgan fingerprint density at radius 3 is 2.44 bits per heavy atom. The van der Waals surface area contributed by atoms with Gasteiger partial charge >= 0.3 is 0 Å². The first kappa shape index (κ1) is 14.8. The highest BCUT2D eigenvalue weighted by Gasteiger charge is 2.09. The molecule has 0 spiro atoms. The molecule has 1 atom stereocenters. The van der Waals surface area contributed by atoms with Gasteiger partial charge in [0, 0.05) is 17.7 Å². The van der Waals surface area contributed by atoms with E-state index in [-0.39, 0.29) is 12.1 Å². The molecule has 0 saturated carbocycles. The minimum absolute atomic E-state index is 0.0723. The van der Waals surface area contributed by atoms with E-state index in [0.29, 0.717) is 13.2 Å². The number of ether oxygens (including phenoxy) is 3. The maximum atomic E-state index is 5.91. The molecule has 0 fully saturated rings. The molecule has 0 aromatic heterocycles. The van der Waals surface area contributed by atoms with E-state index in [0.717, 1.165) is 17.1 Å². The molecule has 0 aliphatic heterocycles. The Morgan fingerprint density at radius 2 is 1.89 bits per heavy atom. The zero-order valence-corrected chi connectivity index (χ0v) is 11.6. The molecule has 1 rings (SSSR count). The molecule has 4 nitrogen and oxygen atoms in total. The summed E-state index contributed by atoms with van der Waals surface area (Å²) in [5, 5.41) is 0. The topological polar surface area (TPSA) is 53.7 Å². The second-order valence-electron chi connectivity index (χ2n) is 4.46. The van der Waals surface area contributed by atoms with Crippen LogP contribution in [-0.2, 0) is 4.74 Å². The second-order valence-corrected chi connectivity index (χ2v) is 4.46. The van der Waals surface area contributed by atoms with Gasteiger partial charge < -0.3 is 19.9 Å². The predicted molar refractivity (Wildman–Crippen MR) is 72.2 cm³/mol. The summed E-state index contributed by atoms with van der Waals surface area (Å²) in [7, 11) is 1.63. The minimum Gasteiger partial charge on any atom is -0.497 e. The van der Waals surface area contributed by atoms with Crippen LogP contribution < -0.4 is 15.2 Å². The van der Waals surface area contributed by atoms with Gasteiger partial charge in [-0.2, -0.15) is 0 Å². The molecule has 102 valence electrons. The molecule has 1 aromatic rings. The Labute approximate surface area is 109 Å². The number of nitrogens with two attached hydrogens (primary N) is 1. The van der Waals surface area contributed by atoms with Crippen molar-refractivity contribution < 1.29 is 14.2 Å². The Hall–Kier alpha value is -1.26. The monoisotopic (exact) mass is 253 g/mol. The first-order valence-electron chi connectivity index (χ1n) is 6.22. The van der Waals surface area contributed by atoms with E-state index in [9.17, 15) is 0 Å². The lowest BCUT2D eigenvalue weighted by Crippen LogP contribution is -2.13. The molecule has 0 amide bonds. The standard InChI is InChI=1S/C14H23NO3/c1-10(2)17-7-8-18-14-9-12(16-4)5-6-13(14)11(3)15/h5-6,9-11H,7-8,15H2,1-4H3/t11-/m1/s1. The molecule has 0 saturated heterocycles. The molecule has 0 heterocycles. The lowest BCUT2D eigenvalue weighted by molar-refractivity contribution is 0.0549. The van der Waals surface area contributed by atoms with Crippen molar-refractivity contribution in [2.75, 3.05) is 20.3 Å². The molecular weight excluding hydrogens is 230 g/mol. The summed E-state index contributed by atoms with van der Waals surface area (Å²) >= 11 is 0. The second kappa shape index (κ2) is 7.24. The van der Waals surface area contributed by atoms with Gasteiger partial charge in [-0.15, -0.1) is 0 Å². The number of hydrogen-bond acceptors (Lipinski definition) is 4. The van der Waals surface area contributed by atoms with E-state index in [1.54, 1.807) is 7.11 Å². The normalized spacial score (nSPS) is 12.6. The van der Waals surface area contributed by atoms with Gasteiger partial charge in [-0.3, -0.25) is 0 Å². The molecule has 0 unspecified atom stereocenters. The van der Waals surface area contributed by atoms with Crippen LogP contribution in [0, 0.1) is 0 Å². The van der Waals surface area contributed by atoms with Crippen molar-refractivity contribution in [1.82, 2.24) is 0 Å². The molecule has 1 aromatic carbocycles. The van der Waals surface area contributed by atoms with Gasteiger partial charge in [-0.1, -0.05) is 6.07 Å². The summed E-state index contributed by atoms with van der Waals surface area (Å²) in [6, 6.07) is 5.60. The molecule has 18 heavy (non-hydrogen) atoms. The summed E-state index contributed by atoms with van der Waals surface area (Å²) < 4.78 is 16.3. The molecule has 0 aliphatic rings. The van der Waals surface area contributed by atoms with Crippen molar-refractivity contribution >= 4 is 0 Å². The summed E-state index contributed by atoms with van der Waals surface area (Å²) in [6.07, 6.45) is 0.215. The lowest BCUT2D eigenvalue weighted by atomic mass is 10.1. The zero-order valence-electron chi connectivity index (χ0n) is 11.6. The fourth-order valence-corrected chi connectivity index (χ4v) is 1.58. The first-order valence-corrected chi connectivity index (χ1v) is 6.22. The van der Waals surface area contributed by atoms with Crippen LogP contribution in [0.5, 0.6) is 11.5 Å². The van der Waals surface area contributed by atoms with Crippen LogP contribution in [0.1, 0.15) is 32.4 Å². The van der Waals surface area contributed by atoms with Crippen LogP contribution in [0.15, 0.2) is 18.2 Å². The SMILES string of the molecule is COc1ccc([C@@H](C)N)c(OCCOC(C)C)c1. The van der Waals surface area contributed by atoms with Crippen molar-refractivity contribution in [3.8, 4) is 11.5 Å². The van der Waals surface area contributed by atoms with Crippen molar-refractivity contribution in [1.29, 1.82) is 0 Å². The first-order chi connectivity index (χ1) is 8.54. The van der Waals surface area contributed by atoms with Crippen LogP contribution in [0.3, 0.4) is 0 Å². The molecule has 0 bridgehead atoms. The Kier molecular flexibility index (Phi) is 5.95. The van der Waals surface area contributed by atoms with Crippen LogP contribution in [-0.4, -0.2) is 26.4 Å². The van der Waals surface area contributed by atoms with Gasteiger partial charge in [0.15, 0.2) is 0 Å². The third-order valence-electron chi connectivity index (χ3n) is 2.50. The summed E-state index contributed by atoms with van der Waals surface area (Å²) in [5.74, 6) is 1.52. The predicted octanol–water partition coefficient (Wildman–Crippen LogP) is 2.52. The largest absolute Gasteiger partial charge is 0.497 e. The van der Waals surface area contributed by atoms with E-state index in [4.69, 9.17) is 19.9 Å². The summed E-state index contributed by atoms with van der Waals surface area (Å²) in [5.41, 5.74) is 6.88. The van der Waals surface area contributed by atoms with E-state index in [1.807, 2.05) is 39.0 Å². The molecule has 2 N–H and O–H groups in total. The molecule has 0 aliphatic carbocycles. The van der Waals surface area contributed by atoms with Crippen LogP contribution >= 0.6 is 0 Å². The van der Waals surface area contributed by atoms with E-state index >= 15 is 0 Å². The molecule has 4 heteroatoms. The number of benzene rings is 1. The summed E-state index contributed by atoms with van der Waals surface area (Å²) in [4.78, 5) is 0. The maximum Gasteiger partial charge on any atom is 0.127 e. The highest BCUT2D eigenvalue weighted by molar-refractivity contribution is 5.42. The number of rotatable bonds is 7. The summed E-state index contributed by atoms with van der Waals surface area (Å²) in [6.45, 7) is 7.00. The van der Waals surface area contributed by atoms with Crippen molar-refractivity contribution in [3.63, 3.8) is 0 Å². The van der Waals surface area contributed by atoms with E-state index in [2.05, 4.69) is 0 Å². The van der Waals surface area contributed by atoms with Crippen LogP contribution in [0.25, 0.3) is 0 Å². The highest BCUT2D eigenvalue weighted by Crippen LogP contribution is 2.28. The quantitative estimate of drug-likeness (QED) is 0.759. The molecular formula is C14H23NO3. The average Bonchev–Trinajstić information content (AvgIpc) is 2.33. The van der Waals surface area contributed by atoms with Gasteiger partial charge in [0.05, 0.1) is 19.8 Å².